The molecule has 1 aliphatic heterocycles. The topological polar surface area (TPSA) is 92.3 Å². The summed E-state index contributed by atoms with van der Waals surface area (Å²) in [6.07, 6.45) is 1.06. The minimum absolute atomic E-state index is 0.0120. The number of hydrogen-bond donors (Lipinski definition) is 2. The highest BCUT2D eigenvalue weighted by Crippen LogP contribution is 2.21. The molecule has 2 aromatic rings. The molecule has 3 rings (SSSR count). The zero-order chi connectivity index (χ0) is 18.2. The first kappa shape index (κ1) is 18.1. The SMILES string of the molecule is Cc1ccc(S(C)(=O)=O)cc1S(=O)(=O)NCc1ccc2c(c1)CNC2. The molecule has 2 N–H and O–H groups in total. The quantitative estimate of drug-likeness (QED) is 0.820. The van der Waals surface area contributed by atoms with Gasteiger partial charge in [0.15, 0.2) is 9.84 Å². The summed E-state index contributed by atoms with van der Waals surface area (Å²) in [7, 11) is -7.29. The van der Waals surface area contributed by atoms with Gasteiger partial charge in [0.05, 0.1) is 9.79 Å². The van der Waals surface area contributed by atoms with Crippen LogP contribution in [0.4, 0.5) is 0 Å². The van der Waals surface area contributed by atoms with Gasteiger partial charge in [-0.3, -0.25) is 0 Å². The zero-order valence-electron chi connectivity index (χ0n) is 14.0. The van der Waals surface area contributed by atoms with Crippen molar-refractivity contribution in [3.8, 4) is 0 Å². The largest absolute Gasteiger partial charge is 0.309 e. The van der Waals surface area contributed by atoms with Gasteiger partial charge in [0, 0.05) is 25.9 Å². The Labute approximate surface area is 148 Å². The van der Waals surface area contributed by atoms with E-state index in [-0.39, 0.29) is 16.3 Å². The molecule has 25 heavy (non-hydrogen) atoms. The van der Waals surface area contributed by atoms with Crippen LogP contribution in [0.3, 0.4) is 0 Å². The lowest BCUT2D eigenvalue weighted by molar-refractivity contribution is 0.580. The molecule has 0 aromatic heterocycles. The standard InChI is InChI=1S/C17H20N2O4S2/c1-12-3-6-16(24(2,20)21)8-17(12)25(22,23)19-9-13-4-5-14-10-18-11-15(14)7-13/h3-8,18-19H,9-11H2,1-2H3. The van der Waals surface area contributed by atoms with Crippen molar-refractivity contribution < 1.29 is 16.8 Å². The van der Waals surface area contributed by atoms with Crippen LogP contribution < -0.4 is 10.0 Å². The Kier molecular flexibility index (Phi) is 4.72. The van der Waals surface area contributed by atoms with E-state index in [1.165, 1.54) is 29.3 Å². The maximum atomic E-state index is 12.6. The van der Waals surface area contributed by atoms with Gasteiger partial charge in [0.1, 0.15) is 0 Å². The average molecular weight is 380 g/mol. The molecular weight excluding hydrogens is 360 g/mol. The van der Waals surface area contributed by atoms with E-state index in [0.29, 0.717) is 5.56 Å². The predicted octanol–water partition coefficient (Wildman–Crippen LogP) is 1.48. The number of sulfone groups is 1. The summed E-state index contributed by atoms with van der Waals surface area (Å²) in [5.74, 6) is 0. The second-order valence-corrected chi connectivity index (χ2v) is 9.98. The van der Waals surface area contributed by atoms with E-state index in [4.69, 9.17) is 0 Å². The summed E-state index contributed by atoms with van der Waals surface area (Å²) >= 11 is 0. The summed E-state index contributed by atoms with van der Waals surface area (Å²) in [4.78, 5) is -0.0275. The Morgan fingerprint density at radius 3 is 2.44 bits per heavy atom. The zero-order valence-corrected chi connectivity index (χ0v) is 15.7. The van der Waals surface area contributed by atoms with Crippen LogP contribution in [0.5, 0.6) is 0 Å². The van der Waals surface area contributed by atoms with Gasteiger partial charge in [-0.25, -0.2) is 21.6 Å². The van der Waals surface area contributed by atoms with Crippen LogP contribution in [0.2, 0.25) is 0 Å². The number of nitrogens with one attached hydrogen (secondary N) is 2. The van der Waals surface area contributed by atoms with Crippen LogP contribution in [0.25, 0.3) is 0 Å². The van der Waals surface area contributed by atoms with Gasteiger partial charge in [0.2, 0.25) is 10.0 Å². The normalized spacial score (nSPS) is 14.5. The molecule has 1 aliphatic rings. The van der Waals surface area contributed by atoms with E-state index < -0.39 is 19.9 Å². The van der Waals surface area contributed by atoms with Gasteiger partial charge < -0.3 is 5.32 Å². The first-order valence-corrected chi connectivity index (χ1v) is 11.2. The Morgan fingerprint density at radius 2 is 1.72 bits per heavy atom. The van der Waals surface area contributed by atoms with E-state index >= 15 is 0 Å². The summed E-state index contributed by atoms with van der Waals surface area (Å²) in [5.41, 5.74) is 3.76. The maximum absolute atomic E-state index is 12.6. The van der Waals surface area contributed by atoms with E-state index in [9.17, 15) is 16.8 Å². The van der Waals surface area contributed by atoms with Crippen molar-refractivity contribution in [2.75, 3.05) is 6.26 Å². The molecule has 0 fully saturated rings. The molecule has 1 heterocycles. The van der Waals surface area contributed by atoms with Crippen LogP contribution in [0.15, 0.2) is 46.2 Å². The molecule has 0 saturated carbocycles. The Hall–Kier alpha value is -1.74. The number of benzene rings is 2. The van der Waals surface area contributed by atoms with Crippen LogP contribution in [-0.4, -0.2) is 23.1 Å². The predicted molar refractivity (Wildman–Crippen MR) is 95.3 cm³/mol. The van der Waals surface area contributed by atoms with E-state index in [1.54, 1.807) is 6.92 Å². The van der Waals surface area contributed by atoms with Crippen LogP contribution in [0.1, 0.15) is 22.3 Å². The van der Waals surface area contributed by atoms with Crippen LogP contribution in [0, 0.1) is 6.92 Å². The second-order valence-electron chi connectivity index (χ2n) is 6.23. The van der Waals surface area contributed by atoms with Crippen molar-refractivity contribution >= 4 is 19.9 Å². The van der Waals surface area contributed by atoms with Crippen molar-refractivity contribution in [3.63, 3.8) is 0 Å². The molecule has 8 heteroatoms. The molecule has 0 spiro atoms. The van der Waals surface area contributed by atoms with Crippen LogP contribution in [-0.2, 0) is 39.5 Å². The van der Waals surface area contributed by atoms with Crippen molar-refractivity contribution in [2.45, 2.75) is 36.3 Å². The number of aryl methyl sites for hydroxylation is 1. The Bertz CT molecular complexity index is 1030. The third kappa shape index (κ3) is 3.92. The monoisotopic (exact) mass is 380 g/mol. The van der Waals surface area contributed by atoms with Crippen molar-refractivity contribution in [2.24, 2.45) is 0 Å². The highest BCUT2D eigenvalue weighted by molar-refractivity contribution is 7.91. The fourth-order valence-electron chi connectivity index (χ4n) is 2.81. The summed E-state index contributed by atoms with van der Waals surface area (Å²) in [5, 5.41) is 3.25. The van der Waals surface area contributed by atoms with Gasteiger partial charge in [-0.2, -0.15) is 0 Å². The number of rotatable bonds is 5. The van der Waals surface area contributed by atoms with E-state index in [2.05, 4.69) is 10.0 Å². The molecule has 2 aromatic carbocycles. The fraction of sp³-hybridized carbons (Fsp3) is 0.294. The lowest BCUT2D eigenvalue weighted by Crippen LogP contribution is -2.24. The molecule has 0 aliphatic carbocycles. The first-order chi connectivity index (χ1) is 11.7. The molecule has 0 bridgehead atoms. The molecule has 0 unspecified atom stereocenters. The van der Waals surface area contributed by atoms with Crippen LogP contribution >= 0.6 is 0 Å². The number of hydrogen-bond acceptors (Lipinski definition) is 5. The minimum atomic E-state index is -3.82. The molecule has 6 nitrogen and oxygen atoms in total. The lowest BCUT2D eigenvalue weighted by atomic mass is 10.1. The highest BCUT2D eigenvalue weighted by atomic mass is 32.2. The van der Waals surface area contributed by atoms with Crippen molar-refractivity contribution in [1.29, 1.82) is 0 Å². The third-order valence-corrected chi connectivity index (χ3v) is 6.90. The van der Waals surface area contributed by atoms with Crippen molar-refractivity contribution in [1.82, 2.24) is 10.0 Å². The molecular formula is C17H20N2O4S2. The van der Waals surface area contributed by atoms with Gasteiger partial charge in [-0.05, 0) is 41.3 Å². The van der Waals surface area contributed by atoms with Gasteiger partial charge in [-0.1, -0.05) is 24.3 Å². The Morgan fingerprint density at radius 1 is 1.00 bits per heavy atom. The first-order valence-electron chi connectivity index (χ1n) is 7.78. The average Bonchev–Trinajstić information content (AvgIpc) is 2.99. The smallest absolute Gasteiger partial charge is 0.241 e. The minimum Gasteiger partial charge on any atom is -0.309 e. The molecule has 134 valence electrons. The molecule has 0 amide bonds. The molecule has 0 saturated heterocycles. The van der Waals surface area contributed by atoms with E-state index in [1.807, 2.05) is 18.2 Å². The van der Waals surface area contributed by atoms with Crippen molar-refractivity contribution in [3.05, 3.63) is 58.7 Å². The van der Waals surface area contributed by atoms with Gasteiger partial charge in [0.25, 0.3) is 0 Å². The van der Waals surface area contributed by atoms with Gasteiger partial charge >= 0.3 is 0 Å². The Balaban J connectivity index is 1.85. The van der Waals surface area contributed by atoms with Gasteiger partial charge in [-0.15, -0.1) is 0 Å². The third-order valence-electron chi connectivity index (χ3n) is 4.25. The summed E-state index contributed by atoms with van der Waals surface area (Å²) in [6.45, 7) is 3.41. The highest BCUT2D eigenvalue weighted by Gasteiger charge is 2.20. The molecule has 0 radical (unpaired) electrons. The second kappa shape index (κ2) is 6.53. The molecule has 0 atom stereocenters. The number of sulfonamides is 1. The summed E-state index contributed by atoms with van der Waals surface area (Å²) in [6, 6.07) is 10.0. The van der Waals surface area contributed by atoms with E-state index in [0.717, 1.165) is 24.9 Å². The maximum Gasteiger partial charge on any atom is 0.241 e. The fourth-order valence-corrected chi connectivity index (χ4v) is 4.82. The summed E-state index contributed by atoms with van der Waals surface area (Å²) < 4.78 is 51.2. The number of fused-ring (bicyclic) bond motifs is 1. The lowest BCUT2D eigenvalue weighted by Gasteiger charge is -2.11.